The van der Waals surface area contributed by atoms with Gasteiger partial charge in [0, 0.05) is 28.4 Å². The molecule has 5 heteroatoms. The number of carbonyl (C=O) groups excluding carboxylic acids is 1. The van der Waals surface area contributed by atoms with Crippen LogP contribution in [0.5, 0.6) is 0 Å². The third kappa shape index (κ3) is 4.95. The number of carbonyl (C=O) groups is 1. The van der Waals surface area contributed by atoms with Crippen LogP contribution in [0.25, 0.3) is 6.08 Å². The molecule has 2 aromatic rings. The summed E-state index contributed by atoms with van der Waals surface area (Å²) in [4.78, 5) is 12.1. The average Bonchev–Trinajstić information content (AvgIpc) is 2.86. The van der Waals surface area contributed by atoms with E-state index < -0.39 is 0 Å². The van der Waals surface area contributed by atoms with Gasteiger partial charge in [0.05, 0.1) is 12.2 Å². The third-order valence-electron chi connectivity index (χ3n) is 4.45. The summed E-state index contributed by atoms with van der Waals surface area (Å²) in [5.74, 6) is -0.0636. The summed E-state index contributed by atoms with van der Waals surface area (Å²) in [5.41, 5.74) is 3.92. The Labute approximate surface area is 154 Å². The average molecular weight is 360 g/mol. The van der Waals surface area contributed by atoms with E-state index in [0.717, 1.165) is 40.4 Å². The molecule has 1 aromatic heterocycles. The number of rotatable bonds is 7. The molecule has 0 aliphatic rings. The summed E-state index contributed by atoms with van der Waals surface area (Å²) < 4.78 is 1.93. The molecule has 0 radical (unpaired) electrons. The van der Waals surface area contributed by atoms with Crippen molar-refractivity contribution in [2.24, 2.45) is 0 Å². The molecule has 0 spiro atoms. The van der Waals surface area contributed by atoms with E-state index in [1.807, 2.05) is 48.9 Å². The van der Waals surface area contributed by atoms with Gasteiger partial charge in [-0.05, 0) is 44.4 Å². The SMILES string of the molecule is CCC(CC)NC(=O)/C=C/c1c(C)nn(Cc2ccccc2Cl)c1C. The van der Waals surface area contributed by atoms with Crippen molar-refractivity contribution in [2.45, 2.75) is 53.1 Å². The number of hydrogen-bond acceptors (Lipinski definition) is 2. The van der Waals surface area contributed by atoms with Crippen LogP contribution in [0.15, 0.2) is 30.3 Å². The molecule has 0 unspecified atom stereocenters. The van der Waals surface area contributed by atoms with Crippen LogP contribution in [0.1, 0.15) is 49.2 Å². The Morgan fingerprint density at radius 3 is 2.60 bits per heavy atom. The first-order chi connectivity index (χ1) is 12.0. The normalized spacial score (nSPS) is 11.4. The van der Waals surface area contributed by atoms with Gasteiger partial charge >= 0.3 is 0 Å². The highest BCUT2D eigenvalue weighted by atomic mass is 35.5. The van der Waals surface area contributed by atoms with E-state index in [-0.39, 0.29) is 11.9 Å². The van der Waals surface area contributed by atoms with Gasteiger partial charge in [-0.15, -0.1) is 0 Å². The van der Waals surface area contributed by atoms with E-state index in [0.29, 0.717) is 6.54 Å². The van der Waals surface area contributed by atoms with Crippen molar-refractivity contribution in [3.63, 3.8) is 0 Å². The van der Waals surface area contributed by atoms with E-state index in [4.69, 9.17) is 11.6 Å². The number of amides is 1. The molecule has 2 rings (SSSR count). The lowest BCUT2D eigenvalue weighted by Crippen LogP contribution is -2.32. The predicted octanol–water partition coefficient (Wildman–Crippen LogP) is 4.52. The van der Waals surface area contributed by atoms with Gasteiger partial charge in [0.15, 0.2) is 0 Å². The minimum absolute atomic E-state index is 0.0636. The van der Waals surface area contributed by atoms with Crippen LogP contribution in [-0.4, -0.2) is 21.7 Å². The van der Waals surface area contributed by atoms with Crippen LogP contribution in [0.3, 0.4) is 0 Å². The summed E-state index contributed by atoms with van der Waals surface area (Å²) in [5, 5.41) is 8.34. The molecule has 1 aromatic carbocycles. The van der Waals surface area contributed by atoms with Crippen molar-refractivity contribution in [3.05, 3.63) is 57.9 Å². The third-order valence-corrected chi connectivity index (χ3v) is 4.82. The fourth-order valence-electron chi connectivity index (χ4n) is 2.80. The molecule has 0 saturated carbocycles. The first kappa shape index (κ1) is 19.3. The first-order valence-electron chi connectivity index (χ1n) is 8.72. The van der Waals surface area contributed by atoms with Crippen molar-refractivity contribution >= 4 is 23.6 Å². The molecule has 0 saturated heterocycles. The summed E-state index contributed by atoms with van der Waals surface area (Å²) in [6.07, 6.45) is 5.31. The molecule has 1 N–H and O–H groups in total. The maximum absolute atomic E-state index is 12.1. The van der Waals surface area contributed by atoms with E-state index in [2.05, 4.69) is 24.3 Å². The zero-order valence-corrected chi connectivity index (χ0v) is 16.1. The van der Waals surface area contributed by atoms with Gasteiger partial charge in [0.25, 0.3) is 0 Å². The first-order valence-corrected chi connectivity index (χ1v) is 9.10. The molecular formula is C20H26ClN3O. The molecular weight excluding hydrogens is 334 g/mol. The van der Waals surface area contributed by atoms with Crippen LogP contribution in [0.2, 0.25) is 5.02 Å². The largest absolute Gasteiger partial charge is 0.350 e. The highest BCUT2D eigenvalue weighted by molar-refractivity contribution is 6.31. The molecule has 0 fully saturated rings. The van der Waals surface area contributed by atoms with E-state index >= 15 is 0 Å². The summed E-state index contributed by atoms with van der Waals surface area (Å²) >= 11 is 6.24. The number of benzene rings is 1. The molecule has 0 aliphatic carbocycles. The van der Waals surface area contributed by atoms with Gasteiger partial charge in [-0.3, -0.25) is 9.48 Å². The van der Waals surface area contributed by atoms with Gasteiger partial charge < -0.3 is 5.32 Å². The van der Waals surface area contributed by atoms with Gasteiger partial charge in [-0.25, -0.2) is 0 Å². The highest BCUT2D eigenvalue weighted by Gasteiger charge is 2.11. The molecule has 134 valence electrons. The van der Waals surface area contributed by atoms with Gasteiger partial charge in [0.1, 0.15) is 0 Å². The number of hydrogen-bond donors (Lipinski definition) is 1. The standard InChI is InChI=1S/C20H26ClN3O/c1-5-17(6-2)22-20(25)12-11-18-14(3)23-24(15(18)4)13-16-9-7-8-10-19(16)21/h7-12,17H,5-6,13H2,1-4H3,(H,22,25)/b12-11+. The number of nitrogens with one attached hydrogen (secondary N) is 1. The molecule has 0 bridgehead atoms. The monoisotopic (exact) mass is 359 g/mol. The smallest absolute Gasteiger partial charge is 0.244 e. The lowest BCUT2D eigenvalue weighted by Gasteiger charge is -2.12. The number of nitrogens with zero attached hydrogens (tertiary/aromatic N) is 2. The summed E-state index contributed by atoms with van der Waals surface area (Å²) in [6, 6.07) is 7.99. The van der Waals surface area contributed by atoms with E-state index in [1.165, 1.54) is 0 Å². The molecule has 0 aliphatic heterocycles. The highest BCUT2D eigenvalue weighted by Crippen LogP contribution is 2.20. The summed E-state index contributed by atoms with van der Waals surface area (Å²) in [6.45, 7) is 8.72. The van der Waals surface area contributed by atoms with Crippen LogP contribution >= 0.6 is 11.6 Å². The Morgan fingerprint density at radius 1 is 1.28 bits per heavy atom. The quantitative estimate of drug-likeness (QED) is 0.739. The molecule has 1 heterocycles. The maximum Gasteiger partial charge on any atom is 0.244 e. The summed E-state index contributed by atoms with van der Waals surface area (Å²) in [7, 11) is 0. The molecule has 25 heavy (non-hydrogen) atoms. The second-order valence-electron chi connectivity index (χ2n) is 6.19. The maximum atomic E-state index is 12.1. The Morgan fingerprint density at radius 2 is 1.96 bits per heavy atom. The van der Waals surface area contributed by atoms with E-state index in [9.17, 15) is 4.79 Å². The second kappa shape index (κ2) is 8.86. The Balaban J connectivity index is 2.15. The van der Waals surface area contributed by atoms with E-state index in [1.54, 1.807) is 6.08 Å². The predicted molar refractivity (Wildman–Crippen MR) is 104 cm³/mol. The zero-order valence-electron chi connectivity index (χ0n) is 15.3. The van der Waals surface area contributed by atoms with Gasteiger partial charge in [-0.1, -0.05) is 43.6 Å². The van der Waals surface area contributed by atoms with Crippen LogP contribution in [-0.2, 0) is 11.3 Å². The lowest BCUT2D eigenvalue weighted by atomic mass is 10.1. The Hall–Kier alpha value is -2.07. The van der Waals surface area contributed by atoms with Crippen molar-refractivity contribution in [3.8, 4) is 0 Å². The van der Waals surface area contributed by atoms with Crippen molar-refractivity contribution in [2.75, 3.05) is 0 Å². The minimum Gasteiger partial charge on any atom is -0.350 e. The fourth-order valence-corrected chi connectivity index (χ4v) is 2.99. The van der Waals surface area contributed by atoms with Crippen LogP contribution < -0.4 is 5.32 Å². The molecule has 4 nitrogen and oxygen atoms in total. The number of halogens is 1. The number of aromatic nitrogens is 2. The Bertz CT molecular complexity index is 760. The van der Waals surface area contributed by atoms with Crippen molar-refractivity contribution in [1.29, 1.82) is 0 Å². The fraction of sp³-hybridized carbons (Fsp3) is 0.400. The zero-order chi connectivity index (χ0) is 18.4. The topological polar surface area (TPSA) is 46.9 Å². The Kier molecular flexibility index (Phi) is 6.82. The molecule has 0 atom stereocenters. The van der Waals surface area contributed by atoms with Crippen LogP contribution in [0, 0.1) is 13.8 Å². The van der Waals surface area contributed by atoms with Gasteiger partial charge in [0.2, 0.25) is 5.91 Å². The van der Waals surface area contributed by atoms with Gasteiger partial charge in [-0.2, -0.15) is 5.10 Å². The van der Waals surface area contributed by atoms with Crippen LogP contribution in [0.4, 0.5) is 0 Å². The van der Waals surface area contributed by atoms with Crippen molar-refractivity contribution < 1.29 is 4.79 Å². The molecule has 1 amide bonds. The minimum atomic E-state index is -0.0636. The number of aryl methyl sites for hydroxylation is 1. The van der Waals surface area contributed by atoms with Crippen molar-refractivity contribution in [1.82, 2.24) is 15.1 Å². The second-order valence-corrected chi connectivity index (χ2v) is 6.60. The lowest BCUT2D eigenvalue weighted by molar-refractivity contribution is -0.117.